The third-order valence-corrected chi connectivity index (χ3v) is 6.32. The molecule has 5 aliphatic rings. The van der Waals surface area contributed by atoms with Crippen molar-refractivity contribution in [2.75, 3.05) is 0 Å². The van der Waals surface area contributed by atoms with E-state index in [9.17, 15) is 10.2 Å². The lowest BCUT2D eigenvalue weighted by atomic mass is 9.58. The van der Waals surface area contributed by atoms with Crippen molar-refractivity contribution in [2.45, 2.75) is 18.6 Å². The Morgan fingerprint density at radius 2 is 1.08 bits per heavy atom. The molecular weight excluding hydrogens is 164 g/mol. The van der Waals surface area contributed by atoms with Crippen LogP contribution in [-0.4, -0.2) is 22.4 Å². The molecule has 5 fully saturated rings. The van der Waals surface area contributed by atoms with Crippen molar-refractivity contribution in [3.63, 3.8) is 0 Å². The number of aliphatic hydroxyl groups excluding tert-OH is 2. The first-order chi connectivity index (χ1) is 6.30. The Hall–Kier alpha value is -0.0800. The summed E-state index contributed by atoms with van der Waals surface area (Å²) < 4.78 is 0. The Bertz CT molecular complexity index is 281. The van der Waals surface area contributed by atoms with Crippen molar-refractivity contribution in [2.24, 2.45) is 47.3 Å². The lowest BCUT2D eigenvalue weighted by Crippen LogP contribution is -2.51. The van der Waals surface area contributed by atoms with Crippen LogP contribution in [0.15, 0.2) is 0 Å². The molecule has 2 heteroatoms. The first kappa shape index (κ1) is 6.41. The van der Waals surface area contributed by atoms with E-state index in [0.29, 0.717) is 23.7 Å². The molecule has 70 valence electrons. The van der Waals surface area contributed by atoms with Crippen molar-refractivity contribution in [3.8, 4) is 0 Å². The Morgan fingerprint density at radius 3 is 1.54 bits per heavy atom. The predicted molar refractivity (Wildman–Crippen MR) is 44.6 cm³/mol. The molecule has 5 rings (SSSR count). The van der Waals surface area contributed by atoms with Gasteiger partial charge in [-0.25, -0.2) is 0 Å². The first-order valence-electron chi connectivity index (χ1n) is 5.67. The number of rotatable bonds is 0. The highest BCUT2D eigenvalue weighted by molar-refractivity contribution is 5.30. The number of fused-ring (bicyclic) bond motifs is 2. The maximum Gasteiger partial charge on any atom is 0.0609 e. The summed E-state index contributed by atoms with van der Waals surface area (Å²) in [5.41, 5.74) is 0. The van der Waals surface area contributed by atoms with Crippen molar-refractivity contribution in [3.05, 3.63) is 0 Å². The van der Waals surface area contributed by atoms with Gasteiger partial charge in [-0.15, -0.1) is 0 Å². The maximum absolute atomic E-state index is 10.1. The molecule has 0 aromatic heterocycles. The van der Waals surface area contributed by atoms with Crippen LogP contribution in [-0.2, 0) is 0 Å². The third kappa shape index (κ3) is 0.375. The smallest absolute Gasteiger partial charge is 0.0609 e. The summed E-state index contributed by atoms with van der Waals surface area (Å²) in [4.78, 5) is 0. The summed E-state index contributed by atoms with van der Waals surface area (Å²) in [5, 5.41) is 20.2. The van der Waals surface area contributed by atoms with Crippen LogP contribution in [0, 0.1) is 47.3 Å². The van der Waals surface area contributed by atoms with E-state index in [0.717, 1.165) is 23.7 Å². The number of hydrogen-bond acceptors (Lipinski definition) is 2. The zero-order valence-corrected chi connectivity index (χ0v) is 7.38. The molecular formula is C11H14O2. The molecule has 2 bridgehead atoms. The van der Waals surface area contributed by atoms with Crippen molar-refractivity contribution in [1.82, 2.24) is 0 Å². The molecule has 5 aliphatic carbocycles. The van der Waals surface area contributed by atoms with Crippen LogP contribution in [0.25, 0.3) is 0 Å². The maximum atomic E-state index is 10.1. The molecule has 0 unspecified atom stereocenters. The standard InChI is InChI=1S/C11H14O2/c12-10-6-2-1-3-5-4(2)8(10)9(5)11(13)7(3)6/h2-13H,1H2/t2-,3-,4+,5+,6+,7+,8+,9+,10-,11+/m0/s1. The van der Waals surface area contributed by atoms with Gasteiger partial charge in [0.1, 0.15) is 0 Å². The molecule has 2 N–H and O–H groups in total. The minimum Gasteiger partial charge on any atom is -0.393 e. The summed E-state index contributed by atoms with van der Waals surface area (Å²) in [6.07, 6.45) is 1.28. The molecule has 0 heterocycles. The third-order valence-electron chi connectivity index (χ3n) is 6.32. The minimum absolute atomic E-state index is 0.0304. The topological polar surface area (TPSA) is 40.5 Å². The fourth-order valence-electron chi connectivity index (χ4n) is 6.44. The lowest BCUT2D eigenvalue weighted by Gasteiger charge is -2.47. The van der Waals surface area contributed by atoms with E-state index in [1.807, 2.05) is 0 Å². The van der Waals surface area contributed by atoms with Crippen LogP contribution < -0.4 is 0 Å². The van der Waals surface area contributed by atoms with Crippen LogP contribution in [0.5, 0.6) is 0 Å². The average molecular weight is 178 g/mol. The lowest BCUT2D eigenvalue weighted by molar-refractivity contribution is -0.109. The van der Waals surface area contributed by atoms with Crippen molar-refractivity contribution in [1.29, 1.82) is 0 Å². The summed E-state index contributed by atoms with van der Waals surface area (Å²) in [6, 6.07) is 0. The van der Waals surface area contributed by atoms with Crippen LogP contribution >= 0.6 is 0 Å². The summed E-state index contributed by atoms with van der Waals surface area (Å²) in [5.74, 6) is 5.33. The van der Waals surface area contributed by atoms with Gasteiger partial charge in [0.2, 0.25) is 0 Å². The van der Waals surface area contributed by atoms with Gasteiger partial charge in [0, 0.05) is 0 Å². The molecule has 10 atom stereocenters. The van der Waals surface area contributed by atoms with E-state index in [1.165, 1.54) is 6.42 Å². The number of aliphatic hydroxyl groups is 2. The Kier molecular flexibility index (Phi) is 0.733. The molecule has 0 aromatic carbocycles. The molecule has 0 spiro atoms. The van der Waals surface area contributed by atoms with E-state index in [1.54, 1.807) is 0 Å². The van der Waals surface area contributed by atoms with Crippen LogP contribution in [0.3, 0.4) is 0 Å². The average Bonchev–Trinajstić information content (AvgIpc) is 2.52. The normalized spacial score (nSPS) is 85.4. The SMILES string of the molecule is O[C@@H]1[C@H]2[C@@H]3[C@H](O)[C@@H]4[C@H]5C[C@@H]([C@@H]2[C@@H]53)[C@@H]14. The fourth-order valence-corrected chi connectivity index (χ4v) is 6.44. The van der Waals surface area contributed by atoms with E-state index in [4.69, 9.17) is 0 Å². The van der Waals surface area contributed by atoms with E-state index in [-0.39, 0.29) is 12.2 Å². The summed E-state index contributed by atoms with van der Waals surface area (Å²) in [6.45, 7) is 0. The van der Waals surface area contributed by atoms with Gasteiger partial charge < -0.3 is 10.2 Å². The largest absolute Gasteiger partial charge is 0.393 e. The molecule has 0 aromatic rings. The first-order valence-corrected chi connectivity index (χ1v) is 5.67. The van der Waals surface area contributed by atoms with Gasteiger partial charge in [-0.05, 0) is 53.8 Å². The van der Waals surface area contributed by atoms with Crippen molar-refractivity contribution < 1.29 is 10.2 Å². The zero-order chi connectivity index (χ0) is 8.48. The van der Waals surface area contributed by atoms with E-state index in [2.05, 4.69) is 0 Å². The van der Waals surface area contributed by atoms with Crippen molar-refractivity contribution >= 4 is 0 Å². The zero-order valence-electron chi connectivity index (χ0n) is 7.38. The quantitative estimate of drug-likeness (QED) is 0.552. The van der Waals surface area contributed by atoms with Gasteiger partial charge >= 0.3 is 0 Å². The molecule has 5 saturated carbocycles. The van der Waals surface area contributed by atoms with Crippen LogP contribution in [0.2, 0.25) is 0 Å². The van der Waals surface area contributed by atoms with Gasteiger partial charge in [-0.3, -0.25) is 0 Å². The van der Waals surface area contributed by atoms with Crippen LogP contribution in [0.4, 0.5) is 0 Å². The molecule has 0 saturated heterocycles. The Morgan fingerprint density at radius 1 is 0.615 bits per heavy atom. The second-order valence-corrected chi connectivity index (χ2v) is 6.01. The monoisotopic (exact) mass is 178 g/mol. The fraction of sp³-hybridized carbons (Fsp3) is 1.00. The molecule has 13 heavy (non-hydrogen) atoms. The predicted octanol–water partition coefficient (Wildman–Crippen LogP) is 0.0959. The molecule has 0 amide bonds. The van der Waals surface area contributed by atoms with E-state index < -0.39 is 0 Å². The molecule has 0 radical (unpaired) electrons. The molecule has 0 aliphatic heterocycles. The second-order valence-electron chi connectivity index (χ2n) is 6.01. The van der Waals surface area contributed by atoms with Gasteiger partial charge in [0.05, 0.1) is 12.2 Å². The highest BCUT2D eigenvalue weighted by Crippen LogP contribution is 2.82. The van der Waals surface area contributed by atoms with Gasteiger partial charge in [0.25, 0.3) is 0 Å². The minimum atomic E-state index is -0.0304. The highest BCUT2D eigenvalue weighted by atomic mass is 16.3. The van der Waals surface area contributed by atoms with Gasteiger partial charge in [-0.2, -0.15) is 0 Å². The second kappa shape index (κ2) is 1.49. The Balaban J connectivity index is 1.83. The molecule has 2 nitrogen and oxygen atoms in total. The van der Waals surface area contributed by atoms with Gasteiger partial charge in [-0.1, -0.05) is 0 Å². The highest BCUT2D eigenvalue weighted by Gasteiger charge is 2.83. The van der Waals surface area contributed by atoms with E-state index >= 15 is 0 Å². The van der Waals surface area contributed by atoms with Gasteiger partial charge in [0.15, 0.2) is 0 Å². The summed E-state index contributed by atoms with van der Waals surface area (Å²) >= 11 is 0. The number of hydrogen-bond donors (Lipinski definition) is 2. The Labute approximate surface area is 76.9 Å². The summed E-state index contributed by atoms with van der Waals surface area (Å²) in [7, 11) is 0. The van der Waals surface area contributed by atoms with Crippen LogP contribution in [0.1, 0.15) is 6.42 Å².